The number of nitrogens with one attached hydrogen (secondary N) is 1. The minimum absolute atomic E-state index is 0.588. The van der Waals surface area contributed by atoms with Gasteiger partial charge >= 0.3 is 0 Å². The van der Waals surface area contributed by atoms with Gasteiger partial charge in [0, 0.05) is 13.0 Å². The fourth-order valence-electron chi connectivity index (χ4n) is 1.81. The van der Waals surface area contributed by atoms with Crippen LogP contribution in [-0.2, 0) is 0 Å². The molecule has 0 aliphatic rings. The Bertz CT molecular complexity index is 297. The SMILES string of the molecule is C#CCCCC(CNC)c1ccccc1. The van der Waals surface area contributed by atoms with Crippen molar-refractivity contribution in [1.29, 1.82) is 0 Å². The average Bonchev–Trinajstić information content (AvgIpc) is 2.29. The number of likely N-dealkylation sites (N-methyl/N-ethyl adjacent to an activating group) is 1. The zero-order chi connectivity index (χ0) is 10.9. The molecule has 0 aliphatic heterocycles. The predicted octanol–water partition coefficient (Wildman–Crippen LogP) is 2.79. The van der Waals surface area contributed by atoms with Gasteiger partial charge in [0.05, 0.1) is 0 Å². The molecule has 0 amide bonds. The number of rotatable bonds is 6. The first-order valence-electron chi connectivity index (χ1n) is 5.51. The van der Waals surface area contributed by atoms with Gasteiger partial charge in [-0.2, -0.15) is 0 Å². The highest BCUT2D eigenvalue weighted by molar-refractivity contribution is 5.19. The van der Waals surface area contributed by atoms with Gasteiger partial charge in [-0.15, -0.1) is 12.3 Å². The van der Waals surface area contributed by atoms with Gasteiger partial charge in [-0.3, -0.25) is 0 Å². The van der Waals surface area contributed by atoms with E-state index < -0.39 is 0 Å². The number of unbranched alkanes of at least 4 members (excludes halogenated alkanes) is 1. The molecule has 15 heavy (non-hydrogen) atoms. The van der Waals surface area contributed by atoms with Crippen molar-refractivity contribution in [2.75, 3.05) is 13.6 Å². The molecular weight excluding hydrogens is 182 g/mol. The molecule has 1 atom stereocenters. The highest BCUT2D eigenvalue weighted by Crippen LogP contribution is 2.20. The predicted molar refractivity (Wildman–Crippen MR) is 65.8 cm³/mol. The van der Waals surface area contributed by atoms with E-state index in [1.54, 1.807) is 0 Å². The first-order chi connectivity index (χ1) is 7.38. The Morgan fingerprint density at radius 3 is 2.67 bits per heavy atom. The summed E-state index contributed by atoms with van der Waals surface area (Å²) in [4.78, 5) is 0. The van der Waals surface area contributed by atoms with Crippen LogP contribution in [-0.4, -0.2) is 13.6 Å². The van der Waals surface area contributed by atoms with E-state index in [1.165, 1.54) is 5.56 Å². The smallest absolute Gasteiger partial charge is 0.00862 e. The second-order valence-corrected chi connectivity index (χ2v) is 3.76. The normalized spacial score (nSPS) is 12.0. The molecule has 0 spiro atoms. The van der Waals surface area contributed by atoms with Crippen molar-refractivity contribution in [3.8, 4) is 12.3 Å². The number of terminal acetylenes is 1. The largest absolute Gasteiger partial charge is 0.319 e. The van der Waals surface area contributed by atoms with Gasteiger partial charge in [-0.25, -0.2) is 0 Å². The van der Waals surface area contributed by atoms with Crippen LogP contribution in [0.15, 0.2) is 30.3 Å². The molecule has 1 aromatic rings. The maximum atomic E-state index is 5.26. The van der Waals surface area contributed by atoms with Crippen LogP contribution in [0.25, 0.3) is 0 Å². The lowest BCUT2D eigenvalue weighted by Crippen LogP contribution is -2.17. The van der Waals surface area contributed by atoms with Crippen LogP contribution in [0.1, 0.15) is 30.7 Å². The lowest BCUT2D eigenvalue weighted by Gasteiger charge is -2.16. The molecule has 1 heteroatoms. The summed E-state index contributed by atoms with van der Waals surface area (Å²) in [5.41, 5.74) is 1.41. The Balaban J connectivity index is 2.54. The Kier molecular flexibility index (Phi) is 5.58. The summed E-state index contributed by atoms with van der Waals surface area (Å²) in [5.74, 6) is 3.28. The van der Waals surface area contributed by atoms with Gasteiger partial charge in [-0.05, 0) is 31.4 Å². The number of hydrogen-bond donors (Lipinski definition) is 1. The number of hydrogen-bond acceptors (Lipinski definition) is 1. The van der Waals surface area contributed by atoms with Crippen molar-refractivity contribution in [2.45, 2.75) is 25.2 Å². The van der Waals surface area contributed by atoms with E-state index in [-0.39, 0.29) is 0 Å². The van der Waals surface area contributed by atoms with Gasteiger partial charge in [0.2, 0.25) is 0 Å². The Hall–Kier alpha value is -1.26. The maximum absolute atomic E-state index is 5.26. The van der Waals surface area contributed by atoms with E-state index in [0.717, 1.165) is 25.8 Å². The standard InChI is InChI=1S/C14H19N/c1-3-4-6-11-14(12-15-2)13-9-7-5-8-10-13/h1,5,7-10,14-15H,4,6,11-12H2,2H3. The molecule has 1 unspecified atom stereocenters. The van der Waals surface area contributed by atoms with E-state index in [0.29, 0.717) is 5.92 Å². The molecule has 80 valence electrons. The third-order valence-corrected chi connectivity index (χ3v) is 2.60. The minimum Gasteiger partial charge on any atom is -0.319 e. The molecule has 0 saturated heterocycles. The van der Waals surface area contributed by atoms with Crippen LogP contribution >= 0.6 is 0 Å². The second-order valence-electron chi connectivity index (χ2n) is 3.76. The first-order valence-corrected chi connectivity index (χ1v) is 5.51. The maximum Gasteiger partial charge on any atom is 0.00862 e. The monoisotopic (exact) mass is 201 g/mol. The Morgan fingerprint density at radius 1 is 1.33 bits per heavy atom. The Labute approximate surface area is 92.9 Å². The molecule has 1 rings (SSSR count). The van der Waals surface area contributed by atoms with Crippen molar-refractivity contribution in [3.63, 3.8) is 0 Å². The van der Waals surface area contributed by atoms with Crippen LogP contribution in [0.3, 0.4) is 0 Å². The van der Waals surface area contributed by atoms with Crippen LogP contribution in [0.2, 0.25) is 0 Å². The topological polar surface area (TPSA) is 12.0 Å². The summed E-state index contributed by atoms with van der Waals surface area (Å²) in [6.07, 6.45) is 8.41. The molecule has 1 aromatic carbocycles. The summed E-state index contributed by atoms with van der Waals surface area (Å²) >= 11 is 0. The lowest BCUT2D eigenvalue weighted by molar-refractivity contribution is 0.566. The third kappa shape index (κ3) is 4.18. The van der Waals surface area contributed by atoms with Crippen molar-refractivity contribution < 1.29 is 0 Å². The summed E-state index contributed by atoms with van der Waals surface area (Å²) < 4.78 is 0. The van der Waals surface area contributed by atoms with Crippen LogP contribution < -0.4 is 5.32 Å². The molecule has 0 heterocycles. The molecule has 0 aromatic heterocycles. The van der Waals surface area contributed by atoms with E-state index >= 15 is 0 Å². The van der Waals surface area contributed by atoms with Crippen molar-refractivity contribution >= 4 is 0 Å². The molecule has 1 nitrogen and oxygen atoms in total. The highest BCUT2D eigenvalue weighted by atomic mass is 14.8. The van der Waals surface area contributed by atoms with Gasteiger partial charge in [0.15, 0.2) is 0 Å². The van der Waals surface area contributed by atoms with Crippen molar-refractivity contribution in [2.24, 2.45) is 0 Å². The average molecular weight is 201 g/mol. The van der Waals surface area contributed by atoms with Crippen LogP contribution in [0.5, 0.6) is 0 Å². The van der Waals surface area contributed by atoms with Gasteiger partial charge in [0.25, 0.3) is 0 Å². The molecule has 0 aliphatic carbocycles. The van der Waals surface area contributed by atoms with E-state index in [4.69, 9.17) is 6.42 Å². The van der Waals surface area contributed by atoms with E-state index in [9.17, 15) is 0 Å². The molecule has 0 bridgehead atoms. The van der Waals surface area contributed by atoms with Gasteiger partial charge in [-0.1, -0.05) is 30.3 Å². The molecule has 1 N–H and O–H groups in total. The quantitative estimate of drug-likeness (QED) is 0.551. The third-order valence-electron chi connectivity index (χ3n) is 2.60. The molecule has 0 fully saturated rings. The van der Waals surface area contributed by atoms with Crippen molar-refractivity contribution in [3.05, 3.63) is 35.9 Å². The Morgan fingerprint density at radius 2 is 2.07 bits per heavy atom. The second kappa shape index (κ2) is 7.09. The van der Waals surface area contributed by atoms with Crippen LogP contribution in [0.4, 0.5) is 0 Å². The minimum atomic E-state index is 0.588. The highest BCUT2D eigenvalue weighted by Gasteiger charge is 2.08. The zero-order valence-corrected chi connectivity index (χ0v) is 9.37. The van der Waals surface area contributed by atoms with E-state index in [2.05, 4.69) is 41.6 Å². The molecular formula is C14H19N. The van der Waals surface area contributed by atoms with Gasteiger partial charge in [0.1, 0.15) is 0 Å². The fraction of sp³-hybridized carbons (Fsp3) is 0.429. The van der Waals surface area contributed by atoms with Crippen molar-refractivity contribution in [1.82, 2.24) is 5.32 Å². The summed E-state index contributed by atoms with van der Waals surface area (Å²) in [7, 11) is 2.00. The van der Waals surface area contributed by atoms with Gasteiger partial charge < -0.3 is 5.32 Å². The first kappa shape index (κ1) is 11.8. The molecule has 0 saturated carbocycles. The molecule has 0 radical (unpaired) electrons. The zero-order valence-electron chi connectivity index (χ0n) is 9.37. The van der Waals surface area contributed by atoms with E-state index in [1.807, 2.05) is 7.05 Å². The fourth-order valence-corrected chi connectivity index (χ4v) is 1.81. The summed E-state index contributed by atoms with van der Waals surface area (Å²) in [6.45, 7) is 1.02. The number of benzene rings is 1. The lowest BCUT2D eigenvalue weighted by atomic mass is 9.93. The summed E-state index contributed by atoms with van der Waals surface area (Å²) in [6, 6.07) is 10.6. The summed E-state index contributed by atoms with van der Waals surface area (Å²) in [5, 5.41) is 3.24. The van der Waals surface area contributed by atoms with Crippen LogP contribution in [0, 0.1) is 12.3 Å².